The molecule has 3 N–H and O–H groups in total. The van der Waals surface area contributed by atoms with Crippen LogP contribution in [0, 0.1) is 6.92 Å². The number of hydrogen-bond donors (Lipinski definition) is 3. The molecule has 3 aromatic carbocycles. The molecule has 0 bridgehead atoms. The van der Waals surface area contributed by atoms with Gasteiger partial charge in [-0.1, -0.05) is 35.9 Å². The highest BCUT2D eigenvalue weighted by atomic mass is 16.5. The van der Waals surface area contributed by atoms with Crippen LogP contribution in [-0.2, 0) is 0 Å². The van der Waals surface area contributed by atoms with Gasteiger partial charge in [0, 0.05) is 16.8 Å². The van der Waals surface area contributed by atoms with Gasteiger partial charge in [0.05, 0.1) is 18.0 Å². The Morgan fingerprint density at radius 2 is 1.64 bits per heavy atom. The van der Waals surface area contributed by atoms with Crippen LogP contribution in [0.1, 0.15) is 26.6 Å². The summed E-state index contributed by atoms with van der Waals surface area (Å²) in [7, 11) is 1.47. The zero-order chi connectivity index (χ0) is 22.9. The van der Waals surface area contributed by atoms with Crippen LogP contribution in [-0.4, -0.2) is 29.1 Å². The Kier molecular flexibility index (Phi) is 5.02. The predicted octanol–water partition coefficient (Wildman–Crippen LogP) is 5.13. The summed E-state index contributed by atoms with van der Waals surface area (Å²) in [6, 6.07) is 19.9. The van der Waals surface area contributed by atoms with E-state index < -0.39 is 5.91 Å². The Balaban J connectivity index is 1.43. The van der Waals surface area contributed by atoms with Crippen molar-refractivity contribution in [3.63, 3.8) is 0 Å². The monoisotopic (exact) mass is 440 g/mol. The van der Waals surface area contributed by atoms with E-state index in [1.165, 1.54) is 7.11 Å². The SMILES string of the molecule is COc1c(C(=O)Nc2ccc(C)cc2)oc2ccc(NC(=O)c3n[nH]c4ccccc34)cc12. The van der Waals surface area contributed by atoms with E-state index in [0.717, 1.165) is 16.5 Å². The van der Waals surface area contributed by atoms with E-state index in [4.69, 9.17) is 9.15 Å². The number of nitrogens with zero attached hydrogens (tertiary/aromatic N) is 1. The second-order valence-corrected chi connectivity index (χ2v) is 7.57. The van der Waals surface area contributed by atoms with E-state index in [2.05, 4.69) is 20.8 Å². The van der Waals surface area contributed by atoms with Gasteiger partial charge in [-0.05, 0) is 43.3 Å². The molecular weight excluding hydrogens is 420 g/mol. The predicted molar refractivity (Wildman–Crippen MR) is 126 cm³/mol. The lowest BCUT2D eigenvalue weighted by Gasteiger charge is -2.05. The molecule has 0 saturated heterocycles. The molecule has 0 aliphatic rings. The molecule has 0 aliphatic heterocycles. The van der Waals surface area contributed by atoms with E-state index in [-0.39, 0.29) is 17.4 Å². The lowest BCUT2D eigenvalue weighted by molar-refractivity contribution is 0.0992. The summed E-state index contributed by atoms with van der Waals surface area (Å²) in [5, 5.41) is 13.9. The lowest BCUT2D eigenvalue weighted by atomic mass is 10.2. The van der Waals surface area contributed by atoms with Crippen molar-refractivity contribution < 1.29 is 18.7 Å². The topological polar surface area (TPSA) is 109 Å². The highest BCUT2D eigenvalue weighted by Gasteiger charge is 2.23. The first-order chi connectivity index (χ1) is 16.0. The van der Waals surface area contributed by atoms with Crippen LogP contribution in [0.15, 0.2) is 71.1 Å². The number of rotatable bonds is 5. The van der Waals surface area contributed by atoms with Gasteiger partial charge in [-0.3, -0.25) is 14.7 Å². The normalized spacial score (nSPS) is 11.0. The molecule has 5 aromatic rings. The van der Waals surface area contributed by atoms with Crippen LogP contribution in [0.3, 0.4) is 0 Å². The molecule has 0 radical (unpaired) electrons. The Labute approximate surface area is 188 Å². The van der Waals surface area contributed by atoms with Gasteiger partial charge < -0.3 is 19.8 Å². The molecule has 0 aliphatic carbocycles. The molecule has 8 heteroatoms. The fraction of sp³-hybridized carbons (Fsp3) is 0.0800. The number of anilines is 2. The van der Waals surface area contributed by atoms with Gasteiger partial charge in [0.1, 0.15) is 5.58 Å². The van der Waals surface area contributed by atoms with Crippen molar-refractivity contribution in [2.24, 2.45) is 0 Å². The number of H-pyrrole nitrogens is 1. The molecule has 164 valence electrons. The van der Waals surface area contributed by atoms with Gasteiger partial charge in [-0.25, -0.2) is 0 Å². The standard InChI is InChI=1S/C25H20N4O4/c1-14-7-9-15(10-8-14)26-25(31)23-22(32-2)18-13-16(11-12-20(18)33-23)27-24(30)21-17-5-3-4-6-19(17)28-29-21/h3-13H,1-2H3,(H,26,31)(H,27,30)(H,28,29). The Morgan fingerprint density at radius 1 is 0.909 bits per heavy atom. The number of hydrogen-bond acceptors (Lipinski definition) is 5. The summed E-state index contributed by atoms with van der Waals surface area (Å²) >= 11 is 0. The number of ether oxygens (including phenoxy) is 1. The van der Waals surface area contributed by atoms with Crippen molar-refractivity contribution in [3.05, 3.63) is 83.7 Å². The second kappa shape index (κ2) is 8.16. The van der Waals surface area contributed by atoms with Crippen molar-refractivity contribution >= 4 is 45.1 Å². The van der Waals surface area contributed by atoms with Gasteiger partial charge in [-0.15, -0.1) is 0 Å². The molecule has 2 amide bonds. The van der Waals surface area contributed by atoms with E-state index in [9.17, 15) is 9.59 Å². The summed E-state index contributed by atoms with van der Waals surface area (Å²) < 4.78 is 11.3. The van der Waals surface area contributed by atoms with Crippen LogP contribution < -0.4 is 15.4 Å². The van der Waals surface area contributed by atoms with Crippen LogP contribution in [0.5, 0.6) is 5.75 Å². The maximum atomic E-state index is 12.8. The first-order valence-corrected chi connectivity index (χ1v) is 10.3. The third-order valence-corrected chi connectivity index (χ3v) is 5.31. The zero-order valence-electron chi connectivity index (χ0n) is 17.9. The Morgan fingerprint density at radius 3 is 2.42 bits per heavy atom. The van der Waals surface area contributed by atoms with Crippen molar-refractivity contribution in [3.8, 4) is 5.75 Å². The first-order valence-electron chi connectivity index (χ1n) is 10.3. The molecule has 0 spiro atoms. The van der Waals surface area contributed by atoms with Gasteiger partial charge >= 0.3 is 0 Å². The maximum absolute atomic E-state index is 12.8. The van der Waals surface area contributed by atoms with E-state index in [1.54, 1.807) is 18.2 Å². The number of fused-ring (bicyclic) bond motifs is 2. The summed E-state index contributed by atoms with van der Waals surface area (Å²) in [5.41, 5.74) is 3.79. The largest absolute Gasteiger partial charge is 0.492 e. The highest BCUT2D eigenvalue weighted by molar-refractivity contribution is 6.12. The third kappa shape index (κ3) is 3.78. The minimum atomic E-state index is -0.430. The number of amides is 2. The lowest BCUT2D eigenvalue weighted by Crippen LogP contribution is -2.12. The zero-order valence-corrected chi connectivity index (χ0v) is 17.9. The average molecular weight is 440 g/mol. The van der Waals surface area contributed by atoms with Gasteiger partial charge in [0.15, 0.2) is 11.4 Å². The van der Waals surface area contributed by atoms with E-state index >= 15 is 0 Å². The number of furan rings is 1. The molecule has 8 nitrogen and oxygen atoms in total. The minimum absolute atomic E-state index is 0.0508. The number of nitrogens with one attached hydrogen (secondary N) is 3. The number of carbonyl (C=O) groups is 2. The molecule has 0 unspecified atom stereocenters. The molecule has 2 aromatic heterocycles. The summed E-state index contributed by atoms with van der Waals surface area (Å²) in [4.78, 5) is 25.6. The molecule has 33 heavy (non-hydrogen) atoms. The van der Waals surface area contributed by atoms with Crippen molar-refractivity contribution in [1.82, 2.24) is 10.2 Å². The van der Waals surface area contributed by atoms with Crippen LogP contribution in [0.25, 0.3) is 21.9 Å². The Hall–Kier alpha value is -4.59. The molecule has 0 saturated carbocycles. The highest BCUT2D eigenvalue weighted by Crippen LogP contribution is 2.35. The number of para-hydroxylation sites is 1. The smallest absolute Gasteiger partial charge is 0.295 e. The summed E-state index contributed by atoms with van der Waals surface area (Å²) in [6.07, 6.45) is 0. The number of carbonyl (C=O) groups excluding carboxylic acids is 2. The molecule has 5 rings (SSSR count). The molecule has 0 atom stereocenters. The van der Waals surface area contributed by atoms with Crippen LogP contribution in [0.4, 0.5) is 11.4 Å². The number of benzene rings is 3. The minimum Gasteiger partial charge on any atom is -0.492 e. The summed E-state index contributed by atoms with van der Waals surface area (Å²) in [6.45, 7) is 1.97. The van der Waals surface area contributed by atoms with Crippen LogP contribution in [0.2, 0.25) is 0 Å². The van der Waals surface area contributed by atoms with E-state index in [0.29, 0.717) is 28.0 Å². The van der Waals surface area contributed by atoms with Crippen molar-refractivity contribution in [1.29, 1.82) is 0 Å². The number of methoxy groups -OCH3 is 1. The fourth-order valence-electron chi connectivity index (χ4n) is 3.66. The fourth-order valence-corrected chi connectivity index (χ4v) is 3.66. The number of aromatic nitrogens is 2. The van der Waals surface area contributed by atoms with Gasteiger partial charge in [0.2, 0.25) is 5.76 Å². The first kappa shape index (κ1) is 20.3. The second-order valence-electron chi connectivity index (χ2n) is 7.57. The third-order valence-electron chi connectivity index (χ3n) is 5.31. The Bertz CT molecular complexity index is 1500. The number of aryl methyl sites for hydroxylation is 1. The van der Waals surface area contributed by atoms with E-state index in [1.807, 2.05) is 55.5 Å². The van der Waals surface area contributed by atoms with Crippen molar-refractivity contribution in [2.75, 3.05) is 17.7 Å². The van der Waals surface area contributed by atoms with Crippen molar-refractivity contribution in [2.45, 2.75) is 6.92 Å². The quantitative estimate of drug-likeness (QED) is 0.351. The number of aromatic amines is 1. The van der Waals surface area contributed by atoms with Gasteiger partial charge in [-0.2, -0.15) is 5.10 Å². The van der Waals surface area contributed by atoms with Gasteiger partial charge in [0.25, 0.3) is 11.8 Å². The average Bonchev–Trinajstić information content (AvgIpc) is 3.42. The molecule has 0 fully saturated rings. The molecule has 2 heterocycles. The summed E-state index contributed by atoms with van der Waals surface area (Å²) in [5.74, 6) is -0.446. The van der Waals surface area contributed by atoms with Crippen LogP contribution >= 0.6 is 0 Å². The maximum Gasteiger partial charge on any atom is 0.295 e. The molecular formula is C25H20N4O4.